The molecule has 2 aromatic heterocycles. The van der Waals surface area contributed by atoms with E-state index in [1.54, 1.807) is 30.5 Å². The maximum atomic E-state index is 11.9. The topological polar surface area (TPSA) is 80.9 Å². The van der Waals surface area contributed by atoms with E-state index in [0.29, 0.717) is 21.7 Å². The van der Waals surface area contributed by atoms with Gasteiger partial charge in [-0.05, 0) is 31.2 Å². The quantitative estimate of drug-likeness (QED) is 0.793. The van der Waals surface area contributed by atoms with Gasteiger partial charge < -0.3 is 9.73 Å². The molecule has 8 heteroatoms. The molecule has 0 spiro atoms. The molecule has 0 aliphatic heterocycles. The van der Waals surface area contributed by atoms with Crippen molar-refractivity contribution in [3.8, 4) is 11.5 Å². The minimum absolute atomic E-state index is 0.163. The third kappa shape index (κ3) is 3.32. The highest BCUT2D eigenvalue weighted by atomic mass is 35.5. The number of nitrogens with zero attached hydrogens (tertiary/aromatic N) is 3. The number of nitrogens with one attached hydrogen (secondary N) is 1. The molecule has 1 N–H and O–H groups in total. The zero-order valence-corrected chi connectivity index (χ0v) is 13.1. The number of hydrogen-bond donors (Lipinski definition) is 1. The van der Waals surface area contributed by atoms with E-state index in [1.165, 1.54) is 11.3 Å². The summed E-state index contributed by atoms with van der Waals surface area (Å²) in [5.41, 5.74) is 0.771. The summed E-state index contributed by atoms with van der Waals surface area (Å²) >= 11 is 7.16. The predicted molar refractivity (Wildman–Crippen MR) is 82.8 cm³/mol. The molecule has 3 aromatic rings. The van der Waals surface area contributed by atoms with Gasteiger partial charge in [-0.3, -0.25) is 4.79 Å². The first-order chi connectivity index (χ1) is 10.6. The molecule has 1 amide bonds. The summed E-state index contributed by atoms with van der Waals surface area (Å²) in [7, 11) is 0. The van der Waals surface area contributed by atoms with Crippen LogP contribution in [-0.2, 0) is 6.54 Å². The third-order valence-electron chi connectivity index (χ3n) is 2.80. The molecule has 0 radical (unpaired) electrons. The lowest BCUT2D eigenvalue weighted by atomic mass is 10.2. The van der Waals surface area contributed by atoms with E-state index in [4.69, 9.17) is 16.0 Å². The Bertz CT molecular complexity index is 797. The molecule has 0 fully saturated rings. The number of rotatable bonds is 4. The Morgan fingerprint density at radius 1 is 1.32 bits per heavy atom. The van der Waals surface area contributed by atoms with Gasteiger partial charge in [0, 0.05) is 10.6 Å². The fourth-order valence-electron chi connectivity index (χ4n) is 1.74. The molecule has 0 atom stereocenters. The second-order valence-electron chi connectivity index (χ2n) is 4.43. The van der Waals surface area contributed by atoms with Crippen molar-refractivity contribution in [3.05, 3.63) is 51.3 Å². The van der Waals surface area contributed by atoms with Crippen molar-refractivity contribution in [1.29, 1.82) is 0 Å². The van der Waals surface area contributed by atoms with Gasteiger partial charge in [0.1, 0.15) is 4.88 Å². The van der Waals surface area contributed by atoms with Gasteiger partial charge in [-0.25, -0.2) is 4.98 Å². The summed E-state index contributed by atoms with van der Waals surface area (Å²) in [4.78, 5) is 16.5. The molecule has 6 nitrogen and oxygen atoms in total. The van der Waals surface area contributed by atoms with Crippen LogP contribution in [0.4, 0.5) is 0 Å². The average Bonchev–Trinajstić information content (AvgIpc) is 3.15. The minimum Gasteiger partial charge on any atom is -0.419 e. The second-order valence-corrected chi connectivity index (χ2v) is 6.11. The molecular weight excluding hydrogens is 324 g/mol. The van der Waals surface area contributed by atoms with Crippen molar-refractivity contribution in [1.82, 2.24) is 20.5 Å². The molecule has 0 saturated heterocycles. The largest absolute Gasteiger partial charge is 0.419 e. The highest BCUT2D eigenvalue weighted by Crippen LogP contribution is 2.20. The lowest BCUT2D eigenvalue weighted by Gasteiger charge is -1.98. The maximum absolute atomic E-state index is 11.9. The number of halogens is 1. The van der Waals surface area contributed by atoms with Crippen LogP contribution in [0.5, 0.6) is 0 Å². The predicted octanol–water partition coefficient (Wildman–Crippen LogP) is 3.08. The minimum atomic E-state index is -0.211. The van der Waals surface area contributed by atoms with Gasteiger partial charge in [-0.1, -0.05) is 11.6 Å². The first-order valence-corrected chi connectivity index (χ1v) is 7.60. The van der Waals surface area contributed by atoms with Crippen molar-refractivity contribution in [2.24, 2.45) is 0 Å². The fourth-order valence-corrected chi connectivity index (χ4v) is 2.56. The van der Waals surface area contributed by atoms with Crippen LogP contribution in [0.3, 0.4) is 0 Å². The number of carbonyl (C=O) groups is 1. The molecule has 112 valence electrons. The highest BCUT2D eigenvalue weighted by Gasteiger charge is 2.12. The van der Waals surface area contributed by atoms with Crippen molar-refractivity contribution in [2.75, 3.05) is 0 Å². The van der Waals surface area contributed by atoms with Crippen LogP contribution in [-0.4, -0.2) is 21.1 Å². The molecule has 0 bridgehead atoms. The Labute approximate surface area is 135 Å². The van der Waals surface area contributed by atoms with E-state index < -0.39 is 0 Å². The molecule has 0 aliphatic carbocycles. The van der Waals surface area contributed by atoms with E-state index in [0.717, 1.165) is 10.6 Å². The van der Waals surface area contributed by atoms with Crippen molar-refractivity contribution in [3.63, 3.8) is 0 Å². The summed E-state index contributed by atoms with van der Waals surface area (Å²) in [6, 6.07) is 7.07. The summed E-state index contributed by atoms with van der Waals surface area (Å²) in [5, 5.41) is 12.1. The molecule has 0 saturated carbocycles. The Morgan fingerprint density at radius 2 is 2.09 bits per heavy atom. The molecule has 3 rings (SSSR count). The van der Waals surface area contributed by atoms with Gasteiger partial charge in [-0.15, -0.1) is 21.5 Å². The van der Waals surface area contributed by atoms with Gasteiger partial charge in [0.25, 0.3) is 5.91 Å². The first-order valence-electron chi connectivity index (χ1n) is 6.41. The summed E-state index contributed by atoms with van der Waals surface area (Å²) in [6.07, 6.45) is 1.54. The number of carbonyl (C=O) groups excluding carboxylic acids is 1. The molecule has 0 aliphatic rings. The van der Waals surface area contributed by atoms with E-state index in [2.05, 4.69) is 20.5 Å². The monoisotopic (exact) mass is 334 g/mol. The van der Waals surface area contributed by atoms with Crippen LogP contribution in [0, 0.1) is 6.92 Å². The molecule has 2 heterocycles. The third-order valence-corrected chi connectivity index (χ3v) is 3.97. The number of aryl methyl sites for hydroxylation is 1. The van der Waals surface area contributed by atoms with Gasteiger partial charge in [0.05, 0.1) is 17.7 Å². The smallest absolute Gasteiger partial charge is 0.263 e. The summed E-state index contributed by atoms with van der Waals surface area (Å²) in [5.74, 6) is 0.505. The van der Waals surface area contributed by atoms with Crippen molar-refractivity contribution in [2.45, 2.75) is 13.5 Å². The summed E-state index contributed by atoms with van der Waals surface area (Å²) in [6.45, 7) is 2.01. The first kappa shape index (κ1) is 14.7. The Kier molecular flexibility index (Phi) is 4.17. The second kappa shape index (κ2) is 6.25. The average molecular weight is 335 g/mol. The Morgan fingerprint density at radius 3 is 2.77 bits per heavy atom. The van der Waals surface area contributed by atoms with E-state index in [1.807, 2.05) is 6.92 Å². The molecule has 22 heavy (non-hydrogen) atoms. The van der Waals surface area contributed by atoms with Gasteiger partial charge in [0.2, 0.25) is 11.8 Å². The Hall–Kier alpha value is -2.25. The van der Waals surface area contributed by atoms with Crippen LogP contribution in [0.15, 0.2) is 34.9 Å². The fraction of sp³-hybridized carbons (Fsp3) is 0.143. The van der Waals surface area contributed by atoms with Crippen LogP contribution < -0.4 is 5.32 Å². The van der Waals surface area contributed by atoms with Crippen LogP contribution in [0.1, 0.15) is 20.6 Å². The van der Waals surface area contributed by atoms with Crippen LogP contribution in [0.2, 0.25) is 5.02 Å². The number of thiazole rings is 1. The van der Waals surface area contributed by atoms with E-state index in [-0.39, 0.29) is 12.5 Å². The van der Waals surface area contributed by atoms with Crippen molar-refractivity contribution < 1.29 is 9.21 Å². The lowest BCUT2D eigenvalue weighted by molar-refractivity contribution is 0.0951. The number of benzene rings is 1. The molecular formula is C14H11ClN4O2S. The van der Waals surface area contributed by atoms with Gasteiger partial charge >= 0.3 is 0 Å². The zero-order valence-electron chi connectivity index (χ0n) is 11.5. The zero-order chi connectivity index (χ0) is 15.5. The normalized spacial score (nSPS) is 10.6. The van der Waals surface area contributed by atoms with Crippen molar-refractivity contribution >= 4 is 28.8 Å². The number of amides is 1. The standard InChI is InChI=1S/C14H11ClN4O2S/c1-8-16-6-11(22-8)13(20)17-7-12-18-19-14(21-12)9-2-4-10(15)5-3-9/h2-6H,7H2,1H3,(H,17,20). The number of aromatic nitrogens is 3. The molecule has 1 aromatic carbocycles. The molecule has 0 unspecified atom stereocenters. The van der Waals surface area contributed by atoms with Crippen LogP contribution in [0.25, 0.3) is 11.5 Å². The van der Waals surface area contributed by atoms with E-state index in [9.17, 15) is 4.79 Å². The number of hydrogen-bond acceptors (Lipinski definition) is 6. The van der Waals surface area contributed by atoms with Gasteiger partial charge in [0.15, 0.2) is 0 Å². The van der Waals surface area contributed by atoms with Crippen LogP contribution >= 0.6 is 22.9 Å². The maximum Gasteiger partial charge on any atom is 0.263 e. The van der Waals surface area contributed by atoms with E-state index >= 15 is 0 Å². The SMILES string of the molecule is Cc1ncc(C(=O)NCc2nnc(-c3ccc(Cl)cc3)o2)s1. The Balaban J connectivity index is 1.64. The van der Waals surface area contributed by atoms with Gasteiger partial charge in [-0.2, -0.15) is 0 Å². The summed E-state index contributed by atoms with van der Waals surface area (Å²) < 4.78 is 5.51. The lowest BCUT2D eigenvalue weighted by Crippen LogP contribution is -2.21. The highest BCUT2D eigenvalue weighted by molar-refractivity contribution is 7.13.